The van der Waals surface area contributed by atoms with Crippen molar-refractivity contribution >= 4 is 67.8 Å². The zero-order valence-electron chi connectivity index (χ0n) is 26.4. The lowest BCUT2D eigenvalue weighted by Gasteiger charge is -2.29. The second-order valence-corrected chi connectivity index (χ2v) is 17.6. The summed E-state index contributed by atoms with van der Waals surface area (Å²) < 4.78 is 81.8. The van der Waals surface area contributed by atoms with Gasteiger partial charge in [0.15, 0.2) is 29.9 Å². The molecule has 6 unspecified atom stereocenters. The number of rotatable bonds is 2. The number of aliphatic hydroxyl groups excluding tert-OH is 1. The molecule has 19 nitrogen and oxygen atoms in total. The number of ether oxygens (including phenoxy) is 2. The molecule has 3 fully saturated rings. The Morgan fingerprint density at radius 2 is 1.40 bits per heavy atom. The van der Waals surface area contributed by atoms with Gasteiger partial charge in [0.2, 0.25) is 0 Å². The highest BCUT2D eigenvalue weighted by molar-refractivity contribution is 8.44. The third-order valence-corrected chi connectivity index (χ3v) is 12.2. The Morgan fingerprint density at radius 1 is 0.840 bits per heavy atom. The summed E-state index contributed by atoms with van der Waals surface area (Å²) in [4.78, 5) is 17.4. The van der Waals surface area contributed by atoms with E-state index in [2.05, 4.69) is 53.0 Å². The topological polar surface area (TPSA) is 221 Å². The largest absolute Gasteiger partial charge is 0.386 e. The second-order valence-electron chi connectivity index (χ2n) is 12.7. The third kappa shape index (κ3) is 5.64. The van der Waals surface area contributed by atoms with Gasteiger partial charge in [-0.2, -0.15) is 10.2 Å². The van der Waals surface area contributed by atoms with Crippen LogP contribution in [0.5, 0.6) is 0 Å². The molecule has 0 amide bonds. The van der Waals surface area contributed by atoms with Crippen LogP contribution in [0.15, 0.2) is 12.7 Å². The number of fused-ring (bicyclic) bond motifs is 2. The van der Waals surface area contributed by atoms with Crippen molar-refractivity contribution in [2.24, 2.45) is 0 Å². The molecular weight excluding hydrogens is 720 g/mol. The van der Waals surface area contributed by atoms with E-state index in [-0.39, 0.29) is 0 Å². The number of aromatic nitrogens is 8. The first kappa shape index (κ1) is 33.1. The summed E-state index contributed by atoms with van der Waals surface area (Å²) in [5, 5.41) is 28.7. The van der Waals surface area contributed by atoms with Gasteiger partial charge < -0.3 is 34.3 Å². The molecule has 4 aromatic heterocycles. The van der Waals surface area contributed by atoms with Gasteiger partial charge in [-0.3, -0.25) is 13.6 Å². The number of alkyl halides is 1. The molecule has 0 saturated carbocycles. The minimum atomic E-state index is -4.30. The summed E-state index contributed by atoms with van der Waals surface area (Å²) in [5.74, 6) is 1.19. The van der Waals surface area contributed by atoms with Crippen LogP contribution in [0.25, 0.3) is 22.1 Å². The van der Waals surface area contributed by atoms with Gasteiger partial charge in [0.05, 0.1) is 35.4 Å². The molecule has 5 aliphatic heterocycles. The van der Waals surface area contributed by atoms with E-state index in [0.29, 0.717) is 71.0 Å². The average Bonchev–Trinajstić information content (AvgIpc) is 3.71. The van der Waals surface area contributed by atoms with Crippen molar-refractivity contribution in [1.82, 2.24) is 39.5 Å². The second kappa shape index (κ2) is 12.4. The lowest BCUT2D eigenvalue weighted by atomic mass is 10.1. The molecular formula is C26H32BFN10O9P2S. The molecule has 0 radical (unpaired) electrons. The van der Waals surface area contributed by atoms with Crippen LogP contribution in [0.1, 0.15) is 36.7 Å². The number of nitrogens with one attached hydrogen (secondary N) is 2. The monoisotopic (exact) mass is 752 g/mol. The smallest absolute Gasteiger partial charge is 0.385 e. The molecule has 4 aromatic rings. The van der Waals surface area contributed by atoms with Crippen LogP contribution in [0.2, 0.25) is 0 Å². The van der Waals surface area contributed by atoms with E-state index < -0.39 is 76.6 Å². The normalized spacial score (nSPS) is 37.5. The Bertz CT molecular complexity index is 1940. The van der Waals surface area contributed by atoms with Crippen molar-refractivity contribution in [2.75, 3.05) is 36.9 Å². The summed E-state index contributed by atoms with van der Waals surface area (Å²) in [7, 11) is -2.86. The van der Waals surface area contributed by atoms with Crippen LogP contribution >= 0.6 is 26.5 Å². The lowest BCUT2D eigenvalue weighted by Crippen LogP contribution is -2.38. The first-order chi connectivity index (χ1) is 24.1. The van der Waals surface area contributed by atoms with E-state index >= 15 is 4.39 Å². The molecule has 0 bridgehead atoms. The summed E-state index contributed by atoms with van der Waals surface area (Å²) in [6.07, 6.45) is -5.74. The van der Waals surface area contributed by atoms with Crippen LogP contribution in [0.4, 0.5) is 16.0 Å². The molecule has 3 N–H and O–H groups in total. The van der Waals surface area contributed by atoms with E-state index in [4.69, 9.17) is 27.6 Å². The molecule has 266 valence electrons. The minimum Gasteiger partial charge on any atom is -0.385 e. The first-order valence-corrected chi connectivity index (χ1v) is 20.9. The minimum absolute atomic E-state index is 0.339. The number of thiol groups is 1. The predicted molar refractivity (Wildman–Crippen MR) is 177 cm³/mol. The van der Waals surface area contributed by atoms with Crippen LogP contribution < -0.4 is 10.6 Å². The van der Waals surface area contributed by atoms with Crippen molar-refractivity contribution in [2.45, 2.75) is 74.8 Å². The SMILES string of the molecule is BP1(=O)OC[C@H]2O[C@@H](n3nc4c5c(ncnc53)NCCC4)C(O)C2OP(=O)(S)OC[C@H]2O[C@@H](n3nc4c5c(ncnc53)NCCC4)C(F)C2O1. The molecule has 0 spiro atoms. The average molecular weight is 752 g/mol. The summed E-state index contributed by atoms with van der Waals surface area (Å²) in [6.45, 7) is -3.91. The van der Waals surface area contributed by atoms with Crippen LogP contribution in [0, 0.1) is 0 Å². The van der Waals surface area contributed by atoms with Crippen molar-refractivity contribution in [3.8, 4) is 0 Å². The fraction of sp³-hybridized carbons (Fsp3) is 0.615. The number of halogens is 1. The van der Waals surface area contributed by atoms with Gasteiger partial charge >= 0.3 is 6.80 Å². The Labute approximate surface area is 288 Å². The molecule has 10 atom stereocenters. The fourth-order valence-corrected chi connectivity index (χ4v) is 9.80. The number of hydrogen-bond donors (Lipinski definition) is 4. The number of aliphatic hydroxyl groups is 1. The highest BCUT2D eigenvalue weighted by Gasteiger charge is 2.54. The van der Waals surface area contributed by atoms with E-state index in [1.165, 1.54) is 29.6 Å². The number of nitrogens with zero attached hydrogens (tertiary/aromatic N) is 8. The number of hydrogen-bond acceptors (Lipinski definition) is 17. The number of aryl methyl sites for hydroxylation is 2. The highest BCUT2D eigenvalue weighted by atomic mass is 32.7. The molecule has 0 aliphatic carbocycles. The molecule has 9 heterocycles. The highest BCUT2D eigenvalue weighted by Crippen LogP contribution is 2.58. The van der Waals surface area contributed by atoms with Gasteiger partial charge in [0.25, 0.3) is 15.0 Å². The standard InChI is InChI=1S/C26H32BFN10O9P2S/c27-48(40)42-7-14-20(18(39)26(45-14)38-24-16-12(36-38)4-2-6-30-22(16)32-10-34-24)47-49(41,50)43-8-13-19(46-48)17(28)25(44-13)37-23-15-11(35-37)3-1-5-29-21(15)31-9-33-23/h9-10,13-14,17-20,25-26,39H,1-8,27H2,(H,41,50)(H,29,31,33)(H,30,32,34)/t13-,14-,17?,18?,19?,20?,25-,26-,48?,49?/m1/s1. The van der Waals surface area contributed by atoms with E-state index in [1.807, 2.05) is 0 Å². The Morgan fingerprint density at radius 3 is 2.04 bits per heavy atom. The van der Waals surface area contributed by atoms with Gasteiger partial charge in [0.1, 0.15) is 54.8 Å². The zero-order valence-corrected chi connectivity index (χ0v) is 29.1. The molecule has 9 rings (SSSR count). The molecule has 0 aromatic carbocycles. The molecule has 24 heteroatoms. The first-order valence-electron chi connectivity index (χ1n) is 16.2. The van der Waals surface area contributed by atoms with Crippen molar-refractivity contribution in [3.63, 3.8) is 0 Å². The van der Waals surface area contributed by atoms with Crippen LogP contribution in [0.3, 0.4) is 0 Å². The summed E-state index contributed by atoms with van der Waals surface area (Å²) >= 11 is 4.17. The van der Waals surface area contributed by atoms with Crippen LogP contribution in [-0.4, -0.2) is 115 Å². The lowest BCUT2D eigenvalue weighted by molar-refractivity contribution is -0.0600. The predicted octanol–water partition coefficient (Wildman–Crippen LogP) is 1.47. The van der Waals surface area contributed by atoms with Crippen molar-refractivity contribution in [3.05, 3.63) is 24.0 Å². The maximum absolute atomic E-state index is 16.4. The maximum Gasteiger partial charge on any atom is 0.386 e. The van der Waals surface area contributed by atoms with Crippen molar-refractivity contribution < 1.29 is 46.2 Å². The van der Waals surface area contributed by atoms with Gasteiger partial charge in [-0.15, -0.1) is 0 Å². The zero-order chi connectivity index (χ0) is 34.4. The number of anilines is 2. The quantitative estimate of drug-likeness (QED) is 0.129. The van der Waals surface area contributed by atoms with E-state index in [1.54, 1.807) is 0 Å². The Balaban J connectivity index is 1.00. The van der Waals surface area contributed by atoms with Gasteiger partial charge in [-0.05, 0) is 25.7 Å². The van der Waals surface area contributed by atoms with Gasteiger partial charge in [-0.1, -0.05) is 12.2 Å². The molecule has 3 saturated heterocycles. The van der Waals surface area contributed by atoms with E-state index in [0.717, 1.165) is 12.8 Å². The fourth-order valence-electron chi connectivity index (χ4n) is 7.13. The van der Waals surface area contributed by atoms with Crippen LogP contribution in [-0.2, 0) is 49.5 Å². The molecule has 5 aliphatic rings. The molecule has 50 heavy (non-hydrogen) atoms. The van der Waals surface area contributed by atoms with E-state index in [9.17, 15) is 14.2 Å². The Kier molecular flexibility index (Phi) is 8.22. The van der Waals surface area contributed by atoms with Gasteiger partial charge in [0, 0.05) is 13.1 Å². The third-order valence-electron chi connectivity index (χ3n) is 9.39. The maximum atomic E-state index is 16.4. The summed E-state index contributed by atoms with van der Waals surface area (Å²) in [6, 6.07) is 0. The Hall–Kier alpha value is -2.78. The summed E-state index contributed by atoms with van der Waals surface area (Å²) in [5.41, 5.74) is 2.13. The van der Waals surface area contributed by atoms with Gasteiger partial charge in [-0.25, -0.2) is 38.3 Å². The van der Waals surface area contributed by atoms with Crippen molar-refractivity contribution in [1.29, 1.82) is 0 Å².